The first kappa shape index (κ1) is 22.0. The number of benzene rings is 2. The Labute approximate surface area is 180 Å². The molecule has 0 aliphatic carbocycles. The Kier molecular flexibility index (Phi) is 6.36. The van der Waals surface area contributed by atoms with E-state index < -0.39 is 16.6 Å². The third kappa shape index (κ3) is 4.89. The molecule has 0 spiro atoms. The minimum absolute atomic E-state index is 0.0168. The van der Waals surface area contributed by atoms with E-state index in [1.54, 1.807) is 6.07 Å². The van der Waals surface area contributed by atoms with Crippen molar-refractivity contribution in [2.24, 2.45) is 0 Å². The molecule has 160 valence electrons. The Balaban J connectivity index is 2.18. The van der Waals surface area contributed by atoms with Gasteiger partial charge in [0.1, 0.15) is 11.4 Å². The lowest BCUT2D eigenvalue weighted by Gasteiger charge is -2.13. The first-order chi connectivity index (χ1) is 14.7. The highest BCUT2D eigenvalue weighted by molar-refractivity contribution is 6.33. The average molecular weight is 445 g/mol. The van der Waals surface area contributed by atoms with Crippen LogP contribution in [0.3, 0.4) is 0 Å². The number of Topliss-reactive ketones (excluding diaryl/α,β-unsaturated/α-hetero) is 1. The number of hydrogen-bond acceptors (Lipinski definition) is 7. The van der Waals surface area contributed by atoms with Crippen LogP contribution in [-0.4, -0.2) is 23.8 Å². The molecule has 3 aromatic rings. The van der Waals surface area contributed by atoms with Crippen LogP contribution in [0.1, 0.15) is 23.6 Å². The molecule has 31 heavy (non-hydrogen) atoms. The number of fused-ring (bicyclic) bond motifs is 1. The summed E-state index contributed by atoms with van der Waals surface area (Å²) in [6.45, 7) is 1.38. The van der Waals surface area contributed by atoms with Gasteiger partial charge in [-0.3, -0.25) is 14.9 Å². The SMILES string of the molecule is CNC(=O)Oc1cc2oc(=O)c(Cc3cccc([N+](=O)[O-])c3)c(CC(C)=O)c2cc1Cl. The fraction of sp³-hybridized carbons (Fsp3) is 0.190. The van der Waals surface area contributed by atoms with Crippen molar-refractivity contribution in [2.45, 2.75) is 19.8 Å². The number of nitro groups is 1. The summed E-state index contributed by atoms with van der Waals surface area (Å²) >= 11 is 6.24. The van der Waals surface area contributed by atoms with Crippen LogP contribution in [0.25, 0.3) is 11.0 Å². The van der Waals surface area contributed by atoms with E-state index in [9.17, 15) is 24.5 Å². The summed E-state index contributed by atoms with van der Waals surface area (Å²) in [5.41, 5.74) is 0.375. The highest BCUT2D eigenvalue weighted by atomic mass is 35.5. The second-order valence-corrected chi connectivity index (χ2v) is 7.15. The number of nitro benzene ring substituents is 1. The molecule has 1 N–H and O–H groups in total. The van der Waals surface area contributed by atoms with Crippen molar-refractivity contribution in [3.05, 3.63) is 78.6 Å². The van der Waals surface area contributed by atoms with Crippen LogP contribution in [0.15, 0.2) is 45.6 Å². The molecule has 1 heterocycles. The number of ketones is 1. The molecule has 0 atom stereocenters. The van der Waals surface area contributed by atoms with E-state index in [4.69, 9.17) is 20.8 Å². The zero-order valence-corrected chi connectivity index (χ0v) is 17.3. The molecule has 0 fully saturated rings. The van der Waals surface area contributed by atoms with Crippen molar-refractivity contribution in [3.8, 4) is 5.75 Å². The number of ether oxygens (including phenoxy) is 1. The normalized spacial score (nSPS) is 10.7. The lowest BCUT2D eigenvalue weighted by atomic mass is 9.95. The fourth-order valence-electron chi connectivity index (χ4n) is 3.15. The maximum Gasteiger partial charge on any atom is 0.412 e. The second kappa shape index (κ2) is 8.97. The smallest absolute Gasteiger partial charge is 0.412 e. The molecule has 0 saturated heterocycles. The fourth-order valence-corrected chi connectivity index (χ4v) is 3.35. The quantitative estimate of drug-likeness (QED) is 0.347. The molecule has 2 aromatic carbocycles. The van der Waals surface area contributed by atoms with E-state index in [2.05, 4.69) is 5.32 Å². The van der Waals surface area contributed by atoms with Crippen LogP contribution in [-0.2, 0) is 17.6 Å². The minimum atomic E-state index is -0.755. The number of hydrogen-bond donors (Lipinski definition) is 1. The molecule has 0 unspecified atom stereocenters. The topological polar surface area (TPSA) is 129 Å². The molecule has 0 bridgehead atoms. The Morgan fingerprint density at radius 1 is 1.23 bits per heavy atom. The third-order valence-electron chi connectivity index (χ3n) is 4.51. The van der Waals surface area contributed by atoms with Gasteiger partial charge in [-0.1, -0.05) is 23.7 Å². The van der Waals surface area contributed by atoms with Gasteiger partial charge in [-0.25, -0.2) is 9.59 Å². The molecule has 9 nitrogen and oxygen atoms in total. The monoisotopic (exact) mass is 444 g/mol. The van der Waals surface area contributed by atoms with Crippen LogP contribution in [0.2, 0.25) is 5.02 Å². The third-order valence-corrected chi connectivity index (χ3v) is 4.80. The number of carbonyl (C=O) groups excluding carboxylic acids is 2. The van der Waals surface area contributed by atoms with Crippen molar-refractivity contribution < 1.29 is 23.7 Å². The lowest BCUT2D eigenvalue weighted by Crippen LogP contribution is -2.22. The van der Waals surface area contributed by atoms with E-state index in [0.29, 0.717) is 16.5 Å². The Bertz CT molecular complexity index is 1270. The standard InChI is InChI=1S/C21H17ClN2O7/c1-11(25)6-14-15-9-17(22)19(31-21(27)23-2)10-18(15)30-20(26)16(14)8-12-4-3-5-13(7-12)24(28)29/h3-5,7,9-10H,6,8H2,1-2H3,(H,23,27). The molecule has 0 saturated carbocycles. The molecule has 0 aliphatic heterocycles. The second-order valence-electron chi connectivity index (χ2n) is 6.75. The molecular formula is C21H17ClN2O7. The van der Waals surface area contributed by atoms with E-state index in [1.807, 2.05) is 0 Å². The number of halogens is 1. The van der Waals surface area contributed by atoms with E-state index in [-0.39, 0.29) is 46.2 Å². The van der Waals surface area contributed by atoms with Gasteiger partial charge in [-0.05, 0) is 24.1 Å². The van der Waals surface area contributed by atoms with Gasteiger partial charge in [0.25, 0.3) is 5.69 Å². The molecule has 10 heteroatoms. The summed E-state index contributed by atoms with van der Waals surface area (Å²) in [4.78, 5) is 46.7. The van der Waals surface area contributed by atoms with Crippen LogP contribution in [0.4, 0.5) is 10.5 Å². The molecular weight excluding hydrogens is 428 g/mol. The van der Waals surface area contributed by atoms with Gasteiger partial charge in [-0.2, -0.15) is 0 Å². The van der Waals surface area contributed by atoms with Crippen LogP contribution in [0, 0.1) is 10.1 Å². The van der Waals surface area contributed by atoms with Gasteiger partial charge in [-0.15, -0.1) is 0 Å². The molecule has 1 aromatic heterocycles. The minimum Gasteiger partial charge on any atom is -0.422 e. The van der Waals surface area contributed by atoms with Crippen molar-refractivity contribution >= 4 is 40.1 Å². The zero-order valence-electron chi connectivity index (χ0n) is 16.6. The van der Waals surface area contributed by atoms with Crippen LogP contribution < -0.4 is 15.7 Å². The van der Waals surface area contributed by atoms with Gasteiger partial charge >= 0.3 is 11.7 Å². The van der Waals surface area contributed by atoms with Crippen LogP contribution in [0.5, 0.6) is 5.75 Å². The average Bonchev–Trinajstić information content (AvgIpc) is 2.71. The van der Waals surface area contributed by atoms with Crippen molar-refractivity contribution in [1.82, 2.24) is 5.32 Å². The number of carbonyl (C=O) groups is 2. The van der Waals surface area contributed by atoms with Gasteiger partial charge in [0.15, 0.2) is 5.75 Å². The Hall–Kier alpha value is -3.72. The summed E-state index contributed by atoms with van der Waals surface area (Å²) in [7, 11) is 1.38. The lowest BCUT2D eigenvalue weighted by molar-refractivity contribution is -0.384. The Morgan fingerprint density at radius 2 is 1.97 bits per heavy atom. The molecule has 1 amide bonds. The number of non-ortho nitro benzene ring substituents is 1. The highest BCUT2D eigenvalue weighted by Gasteiger charge is 2.20. The molecule has 0 radical (unpaired) electrons. The maximum atomic E-state index is 12.8. The molecule has 3 rings (SSSR count). The number of nitrogens with one attached hydrogen (secondary N) is 1. The highest BCUT2D eigenvalue weighted by Crippen LogP contribution is 2.33. The summed E-state index contributed by atoms with van der Waals surface area (Å²) in [5.74, 6) is -0.217. The van der Waals surface area contributed by atoms with Crippen LogP contribution >= 0.6 is 11.6 Å². The number of rotatable bonds is 6. The van der Waals surface area contributed by atoms with E-state index in [1.165, 1.54) is 44.3 Å². The van der Waals surface area contributed by atoms with Crippen molar-refractivity contribution in [3.63, 3.8) is 0 Å². The maximum absolute atomic E-state index is 12.8. The summed E-state index contributed by atoms with van der Waals surface area (Å²) in [5, 5.41) is 13.8. The summed E-state index contributed by atoms with van der Waals surface area (Å²) in [6, 6.07) is 8.61. The predicted molar refractivity (Wildman–Crippen MR) is 113 cm³/mol. The summed E-state index contributed by atoms with van der Waals surface area (Å²) in [6.07, 6.45) is -0.801. The van der Waals surface area contributed by atoms with Crippen molar-refractivity contribution in [1.29, 1.82) is 0 Å². The van der Waals surface area contributed by atoms with Gasteiger partial charge in [0.2, 0.25) is 0 Å². The largest absolute Gasteiger partial charge is 0.422 e. The zero-order chi connectivity index (χ0) is 22.7. The summed E-state index contributed by atoms with van der Waals surface area (Å²) < 4.78 is 10.5. The van der Waals surface area contributed by atoms with Gasteiger partial charge < -0.3 is 14.5 Å². The number of amides is 1. The van der Waals surface area contributed by atoms with Gasteiger partial charge in [0.05, 0.1) is 9.95 Å². The first-order valence-electron chi connectivity index (χ1n) is 9.10. The van der Waals surface area contributed by atoms with Gasteiger partial charge in [0, 0.05) is 49.0 Å². The Morgan fingerprint density at radius 3 is 2.61 bits per heavy atom. The van der Waals surface area contributed by atoms with E-state index in [0.717, 1.165) is 0 Å². The predicted octanol–water partition coefficient (Wildman–Crippen LogP) is 3.80. The molecule has 0 aliphatic rings. The van der Waals surface area contributed by atoms with Crippen molar-refractivity contribution in [2.75, 3.05) is 7.05 Å². The van der Waals surface area contributed by atoms with E-state index >= 15 is 0 Å². The number of nitrogens with zero attached hydrogens (tertiary/aromatic N) is 1. The first-order valence-corrected chi connectivity index (χ1v) is 9.47.